The van der Waals surface area contributed by atoms with Gasteiger partial charge in [0.25, 0.3) is 5.91 Å². The van der Waals surface area contributed by atoms with Crippen molar-refractivity contribution in [3.8, 4) is 0 Å². The Bertz CT molecular complexity index is 312. The fraction of sp³-hybridized carbons (Fsp3) is 0.444. The van der Waals surface area contributed by atoms with E-state index >= 15 is 0 Å². The number of nitrogens with one attached hydrogen (secondary N) is 2. The number of nitrogens with zero attached hydrogens (tertiary/aromatic N) is 2. The van der Waals surface area contributed by atoms with Gasteiger partial charge in [-0.3, -0.25) is 4.79 Å². The largest absolute Gasteiger partial charge is 0.383 e. The van der Waals surface area contributed by atoms with E-state index in [2.05, 4.69) is 20.8 Å². The molecule has 0 bridgehead atoms. The molecule has 0 spiro atoms. The quantitative estimate of drug-likeness (QED) is 0.663. The lowest BCUT2D eigenvalue weighted by atomic mass is 10.3. The smallest absolute Gasteiger partial charge is 0.271 e. The summed E-state index contributed by atoms with van der Waals surface area (Å²) in [5.74, 6) is 0.380. The average molecular weight is 210 g/mol. The van der Waals surface area contributed by atoms with Gasteiger partial charge in [-0.2, -0.15) is 0 Å². The molecule has 82 valence electrons. The van der Waals surface area contributed by atoms with Gasteiger partial charge in [-0.05, 0) is 12.1 Å². The molecule has 0 atom stereocenters. The van der Waals surface area contributed by atoms with Gasteiger partial charge in [0.05, 0.1) is 6.61 Å². The number of aromatic nitrogens is 2. The summed E-state index contributed by atoms with van der Waals surface area (Å²) < 4.78 is 4.80. The monoisotopic (exact) mass is 210 g/mol. The Morgan fingerprint density at radius 3 is 2.80 bits per heavy atom. The van der Waals surface area contributed by atoms with Crippen LogP contribution in [0.1, 0.15) is 10.5 Å². The van der Waals surface area contributed by atoms with Crippen molar-refractivity contribution >= 4 is 11.7 Å². The van der Waals surface area contributed by atoms with Crippen molar-refractivity contribution in [3.05, 3.63) is 17.8 Å². The molecule has 0 aromatic carbocycles. The molecule has 0 radical (unpaired) electrons. The molecule has 15 heavy (non-hydrogen) atoms. The molecule has 1 aromatic rings. The highest BCUT2D eigenvalue weighted by molar-refractivity contribution is 5.92. The highest BCUT2D eigenvalue weighted by atomic mass is 16.5. The number of anilines is 1. The highest BCUT2D eigenvalue weighted by Gasteiger charge is 2.06. The number of amides is 1. The number of methoxy groups -OCH3 is 1. The third kappa shape index (κ3) is 3.51. The van der Waals surface area contributed by atoms with Crippen LogP contribution in [0.5, 0.6) is 0 Å². The van der Waals surface area contributed by atoms with Crippen molar-refractivity contribution in [2.24, 2.45) is 0 Å². The van der Waals surface area contributed by atoms with Gasteiger partial charge >= 0.3 is 0 Å². The molecule has 0 saturated carbocycles. The minimum atomic E-state index is -0.248. The molecule has 6 heteroatoms. The van der Waals surface area contributed by atoms with Crippen LogP contribution in [0.25, 0.3) is 0 Å². The third-order valence-corrected chi connectivity index (χ3v) is 1.75. The third-order valence-electron chi connectivity index (χ3n) is 1.75. The summed E-state index contributed by atoms with van der Waals surface area (Å²) >= 11 is 0. The predicted molar refractivity (Wildman–Crippen MR) is 55.8 cm³/mol. The molecule has 0 aliphatic rings. The molecular weight excluding hydrogens is 196 g/mol. The van der Waals surface area contributed by atoms with Gasteiger partial charge in [-0.15, -0.1) is 10.2 Å². The van der Waals surface area contributed by atoms with Crippen LogP contribution in [0.15, 0.2) is 12.1 Å². The Labute approximate surface area is 88.0 Å². The fourth-order valence-electron chi connectivity index (χ4n) is 0.944. The highest BCUT2D eigenvalue weighted by Crippen LogP contribution is 1.99. The Morgan fingerprint density at radius 1 is 1.47 bits per heavy atom. The minimum absolute atomic E-state index is 0.248. The van der Waals surface area contributed by atoms with Crippen LogP contribution < -0.4 is 10.6 Å². The molecule has 0 fully saturated rings. The van der Waals surface area contributed by atoms with Gasteiger partial charge in [-0.1, -0.05) is 0 Å². The number of hydrogen-bond donors (Lipinski definition) is 2. The molecule has 1 aromatic heterocycles. The van der Waals surface area contributed by atoms with E-state index in [1.54, 1.807) is 26.3 Å². The van der Waals surface area contributed by atoms with Crippen LogP contribution >= 0.6 is 0 Å². The van der Waals surface area contributed by atoms with Crippen molar-refractivity contribution in [3.63, 3.8) is 0 Å². The van der Waals surface area contributed by atoms with E-state index in [0.717, 1.165) is 0 Å². The lowest BCUT2D eigenvalue weighted by molar-refractivity contribution is 0.0931. The summed E-state index contributed by atoms with van der Waals surface area (Å²) in [4.78, 5) is 11.4. The molecular formula is C9H14N4O2. The normalized spacial score (nSPS) is 9.73. The van der Waals surface area contributed by atoms with Gasteiger partial charge in [0.15, 0.2) is 5.69 Å². The molecule has 2 N–H and O–H groups in total. The molecule has 1 amide bonds. The van der Waals surface area contributed by atoms with Gasteiger partial charge < -0.3 is 15.4 Å². The zero-order chi connectivity index (χ0) is 11.1. The van der Waals surface area contributed by atoms with E-state index in [9.17, 15) is 4.79 Å². The molecule has 0 saturated heterocycles. The molecule has 1 rings (SSSR count). The van der Waals surface area contributed by atoms with Crippen molar-refractivity contribution < 1.29 is 9.53 Å². The van der Waals surface area contributed by atoms with Crippen LogP contribution in [0.4, 0.5) is 5.82 Å². The lowest BCUT2D eigenvalue weighted by Gasteiger charge is -2.03. The average Bonchev–Trinajstić information content (AvgIpc) is 2.29. The summed E-state index contributed by atoms with van der Waals surface area (Å²) in [5.41, 5.74) is 0.296. The second-order valence-corrected chi connectivity index (χ2v) is 2.80. The van der Waals surface area contributed by atoms with Crippen LogP contribution in [0, 0.1) is 0 Å². The SMILES string of the molecule is CNc1ccc(C(=O)NCCOC)nn1. The lowest BCUT2D eigenvalue weighted by Crippen LogP contribution is -2.27. The van der Waals surface area contributed by atoms with E-state index < -0.39 is 0 Å². The first-order valence-corrected chi connectivity index (χ1v) is 4.56. The van der Waals surface area contributed by atoms with Crippen molar-refractivity contribution in [1.82, 2.24) is 15.5 Å². The summed E-state index contributed by atoms with van der Waals surface area (Å²) in [5, 5.41) is 13.0. The first-order valence-electron chi connectivity index (χ1n) is 4.56. The second kappa shape index (κ2) is 5.92. The van der Waals surface area contributed by atoms with Gasteiger partial charge in [0.2, 0.25) is 0 Å². The maximum Gasteiger partial charge on any atom is 0.271 e. The molecule has 6 nitrogen and oxygen atoms in total. The zero-order valence-corrected chi connectivity index (χ0v) is 8.78. The first kappa shape index (κ1) is 11.4. The van der Waals surface area contributed by atoms with Crippen molar-refractivity contribution in [1.29, 1.82) is 0 Å². The van der Waals surface area contributed by atoms with Gasteiger partial charge in [-0.25, -0.2) is 0 Å². The summed E-state index contributed by atoms with van der Waals surface area (Å²) in [7, 11) is 3.32. The maximum atomic E-state index is 11.4. The summed E-state index contributed by atoms with van der Waals surface area (Å²) in [6.45, 7) is 0.943. The van der Waals surface area contributed by atoms with Crippen LogP contribution in [0.3, 0.4) is 0 Å². The number of carbonyl (C=O) groups is 1. The number of rotatable bonds is 5. The van der Waals surface area contributed by atoms with E-state index in [1.807, 2.05) is 0 Å². The second-order valence-electron chi connectivity index (χ2n) is 2.80. The summed E-state index contributed by atoms with van der Waals surface area (Å²) in [6, 6.07) is 3.30. The topological polar surface area (TPSA) is 76.1 Å². The summed E-state index contributed by atoms with van der Waals surface area (Å²) in [6.07, 6.45) is 0. The van der Waals surface area contributed by atoms with Crippen molar-refractivity contribution in [2.45, 2.75) is 0 Å². The number of ether oxygens (including phenoxy) is 1. The van der Waals surface area contributed by atoms with E-state index in [0.29, 0.717) is 24.7 Å². The van der Waals surface area contributed by atoms with Gasteiger partial charge in [0.1, 0.15) is 5.82 Å². The van der Waals surface area contributed by atoms with E-state index in [1.165, 1.54) is 0 Å². The maximum absolute atomic E-state index is 11.4. The van der Waals surface area contributed by atoms with Crippen LogP contribution in [-0.2, 0) is 4.74 Å². The molecule has 0 aliphatic heterocycles. The predicted octanol–water partition coefficient (Wildman–Crippen LogP) is -0.106. The fourth-order valence-corrected chi connectivity index (χ4v) is 0.944. The van der Waals surface area contributed by atoms with Crippen molar-refractivity contribution in [2.75, 3.05) is 32.6 Å². The Hall–Kier alpha value is -1.69. The molecule has 0 aliphatic carbocycles. The number of carbonyl (C=O) groups excluding carboxylic acids is 1. The zero-order valence-electron chi connectivity index (χ0n) is 8.78. The standard InChI is InChI=1S/C9H14N4O2/c1-10-8-4-3-7(12-13-8)9(14)11-5-6-15-2/h3-4H,5-6H2,1-2H3,(H,10,13)(H,11,14). The Kier molecular flexibility index (Phi) is 4.49. The van der Waals surface area contributed by atoms with E-state index in [-0.39, 0.29) is 5.91 Å². The first-order chi connectivity index (χ1) is 7.27. The number of hydrogen-bond acceptors (Lipinski definition) is 5. The Balaban J connectivity index is 2.50. The molecule has 1 heterocycles. The Morgan fingerprint density at radius 2 is 2.27 bits per heavy atom. The van der Waals surface area contributed by atoms with Crippen LogP contribution in [-0.4, -0.2) is 43.4 Å². The van der Waals surface area contributed by atoms with Crippen LogP contribution in [0.2, 0.25) is 0 Å². The van der Waals surface area contributed by atoms with E-state index in [4.69, 9.17) is 4.74 Å². The van der Waals surface area contributed by atoms with Gasteiger partial charge in [0, 0.05) is 20.7 Å². The molecule has 0 unspecified atom stereocenters. The minimum Gasteiger partial charge on any atom is -0.383 e.